The Morgan fingerprint density at radius 1 is 1.25 bits per heavy atom. The van der Waals surface area contributed by atoms with Crippen molar-refractivity contribution in [2.24, 2.45) is 11.8 Å². The summed E-state index contributed by atoms with van der Waals surface area (Å²) >= 11 is 5.41. The lowest BCUT2D eigenvalue weighted by Gasteiger charge is -2.35. The molecule has 0 saturated heterocycles. The molecule has 2 rings (SSSR count). The van der Waals surface area contributed by atoms with Gasteiger partial charge in [-0.25, -0.2) is 12.7 Å². The summed E-state index contributed by atoms with van der Waals surface area (Å²) in [6.07, 6.45) is 3.59. The van der Waals surface area contributed by atoms with Gasteiger partial charge in [-0.05, 0) is 48.7 Å². The lowest BCUT2D eigenvalue weighted by molar-refractivity contribution is 0.225. The summed E-state index contributed by atoms with van der Waals surface area (Å²) in [7, 11) is -0.407. The smallest absolute Gasteiger partial charge is 0.242 e. The first-order valence-electron chi connectivity index (χ1n) is 8.32. The maximum Gasteiger partial charge on any atom is 0.242 e. The first kappa shape index (κ1) is 19.1. The number of sulfonamides is 1. The van der Waals surface area contributed by atoms with Crippen LogP contribution in [0.3, 0.4) is 0 Å². The summed E-state index contributed by atoms with van der Waals surface area (Å²) in [6.45, 7) is 4.54. The van der Waals surface area contributed by atoms with Crippen LogP contribution in [0, 0.1) is 11.8 Å². The molecule has 1 aliphatic carbocycles. The van der Waals surface area contributed by atoms with Gasteiger partial charge < -0.3 is 10.6 Å². The molecule has 134 valence electrons. The van der Waals surface area contributed by atoms with Crippen molar-refractivity contribution in [3.05, 3.63) is 24.3 Å². The molecule has 0 heterocycles. The van der Waals surface area contributed by atoms with Crippen molar-refractivity contribution in [2.45, 2.75) is 44.0 Å². The molecule has 0 unspecified atom stereocenters. The minimum Gasteiger partial charge on any atom is -0.359 e. The number of rotatable bonds is 4. The average Bonchev–Trinajstić information content (AvgIpc) is 2.52. The number of nitrogens with one attached hydrogen (secondary N) is 2. The van der Waals surface area contributed by atoms with Gasteiger partial charge in [-0.15, -0.1) is 0 Å². The summed E-state index contributed by atoms with van der Waals surface area (Å²) < 4.78 is 25.6. The van der Waals surface area contributed by atoms with Crippen molar-refractivity contribution in [2.75, 3.05) is 19.4 Å². The van der Waals surface area contributed by atoms with E-state index in [-0.39, 0.29) is 4.90 Å². The molecule has 0 aliphatic heterocycles. The van der Waals surface area contributed by atoms with Crippen molar-refractivity contribution in [3.63, 3.8) is 0 Å². The molecule has 1 aromatic rings. The van der Waals surface area contributed by atoms with Gasteiger partial charge >= 0.3 is 0 Å². The topological polar surface area (TPSA) is 61.4 Å². The van der Waals surface area contributed by atoms with E-state index in [4.69, 9.17) is 12.2 Å². The minimum absolute atomic E-state index is 0.250. The molecule has 1 aliphatic rings. The Labute approximate surface area is 150 Å². The van der Waals surface area contributed by atoms with E-state index < -0.39 is 10.0 Å². The van der Waals surface area contributed by atoms with Crippen LogP contribution in [0.15, 0.2) is 29.2 Å². The number of thiocarbonyl (C=S) groups is 1. The summed E-state index contributed by atoms with van der Waals surface area (Å²) in [4.78, 5) is 0.250. The van der Waals surface area contributed by atoms with Gasteiger partial charge in [-0.2, -0.15) is 0 Å². The summed E-state index contributed by atoms with van der Waals surface area (Å²) in [5.74, 6) is 1.26. The average molecular weight is 370 g/mol. The fourth-order valence-corrected chi connectivity index (χ4v) is 4.28. The van der Waals surface area contributed by atoms with E-state index in [1.807, 2.05) is 6.07 Å². The minimum atomic E-state index is -3.45. The molecule has 7 heteroatoms. The molecule has 5 nitrogen and oxygen atoms in total. The second kappa shape index (κ2) is 7.80. The molecule has 0 spiro atoms. The Morgan fingerprint density at radius 3 is 2.62 bits per heavy atom. The Bertz CT molecular complexity index is 689. The van der Waals surface area contributed by atoms with E-state index in [1.165, 1.54) is 31.2 Å². The van der Waals surface area contributed by atoms with Gasteiger partial charge in [0.2, 0.25) is 10.0 Å². The van der Waals surface area contributed by atoms with Gasteiger partial charge in [-0.3, -0.25) is 0 Å². The van der Waals surface area contributed by atoms with Gasteiger partial charge in [0.1, 0.15) is 0 Å². The zero-order valence-corrected chi connectivity index (χ0v) is 16.4. The van der Waals surface area contributed by atoms with Crippen molar-refractivity contribution in [1.82, 2.24) is 9.62 Å². The first-order valence-corrected chi connectivity index (χ1v) is 10.2. The van der Waals surface area contributed by atoms with Crippen LogP contribution in [-0.4, -0.2) is 38.0 Å². The molecule has 0 aromatic heterocycles. The zero-order chi connectivity index (χ0) is 17.9. The Balaban J connectivity index is 2.05. The van der Waals surface area contributed by atoms with E-state index in [0.717, 1.165) is 6.42 Å². The molecule has 24 heavy (non-hydrogen) atoms. The van der Waals surface area contributed by atoms with Crippen LogP contribution in [0.2, 0.25) is 0 Å². The molecule has 3 atom stereocenters. The van der Waals surface area contributed by atoms with Crippen LogP contribution in [-0.2, 0) is 10.0 Å². The van der Waals surface area contributed by atoms with Gasteiger partial charge in [0.15, 0.2) is 5.11 Å². The van der Waals surface area contributed by atoms with E-state index >= 15 is 0 Å². The highest BCUT2D eigenvalue weighted by Crippen LogP contribution is 2.29. The van der Waals surface area contributed by atoms with Crippen LogP contribution in [0.25, 0.3) is 0 Å². The third-order valence-corrected chi connectivity index (χ3v) is 6.92. The molecular formula is C17H27N3O2S2. The monoisotopic (exact) mass is 369 g/mol. The van der Waals surface area contributed by atoms with Crippen LogP contribution >= 0.6 is 12.2 Å². The molecule has 2 N–H and O–H groups in total. The second-order valence-electron chi connectivity index (χ2n) is 6.79. The maximum absolute atomic E-state index is 12.2. The second-order valence-corrected chi connectivity index (χ2v) is 9.35. The first-order chi connectivity index (χ1) is 11.2. The maximum atomic E-state index is 12.2. The molecule has 1 aromatic carbocycles. The Morgan fingerprint density at radius 2 is 1.96 bits per heavy atom. The Kier molecular flexibility index (Phi) is 6.22. The highest BCUT2D eigenvalue weighted by atomic mass is 32.2. The van der Waals surface area contributed by atoms with Crippen molar-refractivity contribution in [3.8, 4) is 0 Å². The SMILES string of the molecule is C[C@@H]1[C@H](C)CCC[C@@H]1NC(=S)Nc1cccc(S(=O)(=O)N(C)C)c1. The van der Waals surface area contributed by atoms with E-state index in [1.54, 1.807) is 18.2 Å². The van der Waals surface area contributed by atoms with Crippen LogP contribution in [0.4, 0.5) is 5.69 Å². The van der Waals surface area contributed by atoms with Gasteiger partial charge in [-0.1, -0.05) is 32.8 Å². The van der Waals surface area contributed by atoms with Crippen LogP contribution in [0.1, 0.15) is 33.1 Å². The number of nitrogens with zero attached hydrogens (tertiary/aromatic N) is 1. The van der Waals surface area contributed by atoms with Gasteiger partial charge in [0, 0.05) is 25.8 Å². The number of hydrogen-bond donors (Lipinski definition) is 2. The predicted octanol–water partition coefficient (Wildman–Crippen LogP) is 3.05. The molecular weight excluding hydrogens is 342 g/mol. The number of benzene rings is 1. The summed E-state index contributed by atoms with van der Waals surface area (Å²) in [5.41, 5.74) is 0.673. The standard InChI is InChI=1S/C17H27N3O2S2/c1-12-7-5-10-16(13(12)2)19-17(23)18-14-8-6-9-15(11-14)24(21,22)20(3)4/h6,8-9,11-13,16H,5,7,10H2,1-4H3,(H2,18,19,23)/t12-,13-,16+/m1/s1. The third kappa shape index (κ3) is 4.46. The zero-order valence-electron chi connectivity index (χ0n) is 14.7. The Hall–Kier alpha value is -1.18. The quantitative estimate of drug-likeness (QED) is 0.799. The molecule has 0 amide bonds. The van der Waals surface area contributed by atoms with Crippen molar-refractivity contribution < 1.29 is 8.42 Å². The van der Waals surface area contributed by atoms with Crippen molar-refractivity contribution in [1.29, 1.82) is 0 Å². The van der Waals surface area contributed by atoms with E-state index in [2.05, 4.69) is 24.5 Å². The molecule has 0 radical (unpaired) electrons. The van der Waals surface area contributed by atoms with Crippen LogP contribution in [0.5, 0.6) is 0 Å². The lowest BCUT2D eigenvalue weighted by Crippen LogP contribution is -2.45. The summed E-state index contributed by atoms with van der Waals surface area (Å²) in [5, 5.41) is 7.04. The highest BCUT2D eigenvalue weighted by Gasteiger charge is 2.27. The number of anilines is 1. The molecule has 0 bridgehead atoms. The predicted molar refractivity (Wildman–Crippen MR) is 103 cm³/mol. The number of hydrogen-bond acceptors (Lipinski definition) is 3. The summed E-state index contributed by atoms with van der Waals surface area (Å²) in [6, 6.07) is 7.09. The largest absolute Gasteiger partial charge is 0.359 e. The normalized spacial score (nSPS) is 24.6. The molecule has 1 fully saturated rings. The van der Waals surface area contributed by atoms with Crippen molar-refractivity contribution >= 4 is 33.0 Å². The van der Waals surface area contributed by atoms with E-state index in [9.17, 15) is 8.42 Å². The van der Waals surface area contributed by atoms with Gasteiger partial charge in [0.05, 0.1) is 4.90 Å². The van der Waals surface area contributed by atoms with E-state index in [0.29, 0.717) is 28.7 Å². The fourth-order valence-electron chi connectivity index (χ4n) is 3.07. The van der Waals surface area contributed by atoms with Crippen LogP contribution < -0.4 is 10.6 Å². The molecule has 1 saturated carbocycles. The third-order valence-electron chi connectivity index (χ3n) is 4.89. The highest BCUT2D eigenvalue weighted by molar-refractivity contribution is 7.89. The fraction of sp³-hybridized carbons (Fsp3) is 0.588. The lowest BCUT2D eigenvalue weighted by atomic mass is 9.78. The van der Waals surface area contributed by atoms with Gasteiger partial charge in [0.25, 0.3) is 0 Å².